The second kappa shape index (κ2) is 6.25. The molecule has 1 atom stereocenters. The molecule has 1 unspecified atom stereocenters. The van der Waals surface area contributed by atoms with E-state index in [0.29, 0.717) is 5.41 Å². The van der Waals surface area contributed by atoms with E-state index in [2.05, 4.69) is 45.2 Å². The minimum Gasteiger partial charge on any atom is -0.496 e. The zero-order chi connectivity index (χ0) is 13.9. The predicted octanol–water partition coefficient (Wildman–Crippen LogP) is 2.89. The zero-order valence-corrected chi connectivity index (χ0v) is 13.6. The summed E-state index contributed by atoms with van der Waals surface area (Å²) in [5, 5.41) is 3.31. The molecular formula is C15H23BrN2O. The van der Waals surface area contributed by atoms with Crippen LogP contribution in [0.3, 0.4) is 0 Å². The summed E-state index contributed by atoms with van der Waals surface area (Å²) in [6.45, 7) is 6.82. The molecule has 1 aliphatic rings. The van der Waals surface area contributed by atoms with Crippen LogP contribution in [0.2, 0.25) is 0 Å². The Morgan fingerprint density at radius 3 is 2.89 bits per heavy atom. The summed E-state index contributed by atoms with van der Waals surface area (Å²) < 4.78 is 6.30. The topological polar surface area (TPSA) is 24.5 Å². The lowest BCUT2D eigenvalue weighted by molar-refractivity contribution is 0.265. The van der Waals surface area contributed by atoms with E-state index in [1.54, 1.807) is 7.11 Å². The third-order valence-electron chi connectivity index (χ3n) is 3.86. The second-order valence-corrected chi connectivity index (χ2v) is 6.62. The quantitative estimate of drug-likeness (QED) is 0.900. The van der Waals surface area contributed by atoms with Gasteiger partial charge in [0.05, 0.1) is 11.6 Å². The Labute approximate surface area is 124 Å². The fourth-order valence-electron chi connectivity index (χ4n) is 2.90. The fraction of sp³-hybridized carbons (Fsp3) is 0.600. The molecule has 0 aliphatic carbocycles. The maximum atomic E-state index is 5.27. The van der Waals surface area contributed by atoms with Crippen molar-refractivity contribution in [2.45, 2.75) is 19.9 Å². The van der Waals surface area contributed by atoms with Gasteiger partial charge in [-0.05, 0) is 59.1 Å². The molecule has 1 aliphatic heterocycles. The molecule has 3 nitrogen and oxygen atoms in total. The van der Waals surface area contributed by atoms with E-state index in [1.165, 1.54) is 18.5 Å². The number of benzene rings is 1. The number of methoxy groups -OCH3 is 1. The maximum Gasteiger partial charge on any atom is 0.133 e. The molecule has 1 aromatic carbocycles. The molecule has 0 spiro atoms. The molecule has 0 aromatic heterocycles. The smallest absolute Gasteiger partial charge is 0.133 e. The molecule has 1 aromatic rings. The van der Waals surface area contributed by atoms with Crippen LogP contribution in [0.25, 0.3) is 0 Å². The van der Waals surface area contributed by atoms with E-state index in [1.807, 2.05) is 13.1 Å². The highest BCUT2D eigenvalue weighted by Crippen LogP contribution is 2.31. The molecule has 0 bridgehead atoms. The zero-order valence-electron chi connectivity index (χ0n) is 12.0. The third-order valence-corrected chi connectivity index (χ3v) is 4.48. The van der Waals surface area contributed by atoms with Crippen LogP contribution in [-0.2, 0) is 6.54 Å². The number of hydrogen-bond donors (Lipinski definition) is 1. The number of rotatable bonds is 5. The lowest BCUT2D eigenvalue weighted by Gasteiger charge is -2.24. The molecule has 0 amide bonds. The van der Waals surface area contributed by atoms with E-state index in [-0.39, 0.29) is 0 Å². The van der Waals surface area contributed by atoms with Crippen molar-refractivity contribution in [2.75, 3.05) is 33.8 Å². The van der Waals surface area contributed by atoms with E-state index < -0.39 is 0 Å². The average Bonchev–Trinajstić information content (AvgIpc) is 2.71. The van der Waals surface area contributed by atoms with Gasteiger partial charge in [0, 0.05) is 19.6 Å². The Morgan fingerprint density at radius 2 is 2.26 bits per heavy atom. The monoisotopic (exact) mass is 326 g/mol. The Balaban J connectivity index is 1.97. The lowest BCUT2D eigenvalue weighted by atomic mass is 9.90. The number of ether oxygens (including phenoxy) is 1. The van der Waals surface area contributed by atoms with Gasteiger partial charge in [-0.15, -0.1) is 0 Å². The van der Waals surface area contributed by atoms with Crippen LogP contribution < -0.4 is 10.1 Å². The number of nitrogens with zero attached hydrogens (tertiary/aromatic N) is 1. The molecule has 0 saturated carbocycles. The van der Waals surface area contributed by atoms with Crippen molar-refractivity contribution in [1.82, 2.24) is 10.2 Å². The van der Waals surface area contributed by atoms with Gasteiger partial charge in [-0.1, -0.05) is 13.0 Å². The maximum absolute atomic E-state index is 5.27. The molecule has 1 heterocycles. The van der Waals surface area contributed by atoms with Crippen molar-refractivity contribution in [3.63, 3.8) is 0 Å². The van der Waals surface area contributed by atoms with Gasteiger partial charge >= 0.3 is 0 Å². The Bertz CT molecular complexity index is 438. The first kappa shape index (κ1) is 14.8. The van der Waals surface area contributed by atoms with Crippen LogP contribution in [0.5, 0.6) is 5.75 Å². The molecule has 2 rings (SSSR count). The molecule has 1 fully saturated rings. The highest BCUT2D eigenvalue weighted by molar-refractivity contribution is 9.10. The highest BCUT2D eigenvalue weighted by atomic mass is 79.9. The summed E-state index contributed by atoms with van der Waals surface area (Å²) in [4.78, 5) is 2.53. The van der Waals surface area contributed by atoms with Crippen LogP contribution in [0, 0.1) is 5.41 Å². The molecule has 4 heteroatoms. The van der Waals surface area contributed by atoms with E-state index in [4.69, 9.17) is 4.74 Å². The number of halogens is 1. The van der Waals surface area contributed by atoms with Gasteiger partial charge in [-0.25, -0.2) is 0 Å². The number of nitrogens with one attached hydrogen (secondary N) is 1. The van der Waals surface area contributed by atoms with Crippen LogP contribution in [0.15, 0.2) is 22.7 Å². The Morgan fingerprint density at radius 1 is 1.47 bits per heavy atom. The van der Waals surface area contributed by atoms with Gasteiger partial charge in [0.2, 0.25) is 0 Å². The van der Waals surface area contributed by atoms with E-state index >= 15 is 0 Å². The van der Waals surface area contributed by atoms with E-state index in [9.17, 15) is 0 Å². The number of likely N-dealkylation sites (tertiary alicyclic amines) is 1. The summed E-state index contributed by atoms with van der Waals surface area (Å²) in [7, 11) is 3.73. The van der Waals surface area contributed by atoms with Crippen molar-refractivity contribution >= 4 is 15.9 Å². The molecule has 106 valence electrons. The summed E-state index contributed by atoms with van der Waals surface area (Å²) in [5.41, 5.74) is 1.75. The lowest BCUT2D eigenvalue weighted by Crippen LogP contribution is -2.32. The Hall–Kier alpha value is -0.580. The summed E-state index contributed by atoms with van der Waals surface area (Å²) >= 11 is 3.55. The van der Waals surface area contributed by atoms with Crippen LogP contribution in [0.4, 0.5) is 0 Å². The van der Waals surface area contributed by atoms with Crippen molar-refractivity contribution in [1.29, 1.82) is 0 Å². The minimum absolute atomic E-state index is 0.415. The second-order valence-electron chi connectivity index (χ2n) is 5.77. The largest absolute Gasteiger partial charge is 0.496 e. The Kier molecular flexibility index (Phi) is 4.87. The molecule has 0 radical (unpaired) electrons. The van der Waals surface area contributed by atoms with Crippen molar-refractivity contribution in [2.24, 2.45) is 5.41 Å². The summed E-state index contributed by atoms with van der Waals surface area (Å²) in [6.07, 6.45) is 1.27. The highest BCUT2D eigenvalue weighted by Gasteiger charge is 2.32. The van der Waals surface area contributed by atoms with Gasteiger partial charge in [0.25, 0.3) is 0 Å². The fourth-order valence-corrected chi connectivity index (χ4v) is 3.49. The third kappa shape index (κ3) is 3.71. The van der Waals surface area contributed by atoms with Gasteiger partial charge in [-0.3, -0.25) is 4.90 Å². The van der Waals surface area contributed by atoms with Crippen LogP contribution in [-0.4, -0.2) is 38.7 Å². The van der Waals surface area contributed by atoms with Crippen molar-refractivity contribution in [3.05, 3.63) is 28.2 Å². The standard InChI is InChI=1S/C15H23BrN2O/c1-15(10-17-2)6-7-18(11-15)9-12-4-5-14(19-3)13(16)8-12/h4-5,8,17H,6-7,9-11H2,1-3H3. The van der Waals surface area contributed by atoms with Crippen molar-refractivity contribution in [3.8, 4) is 5.75 Å². The minimum atomic E-state index is 0.415. The van der Waals surface area contributed by atoms with Gasteiger partial charge < -0.3 is 10.1 Å². The summed E-state index contributed by atoms with van der Waals surface area (Å²) in [5.74, 6) is 0.894. The van der Waals surface area contributed by atoms with Crippen LogP contribution >= 0.6 is 15.9 Å². The SMILES string of the molecule is CNCC1(C)CCN(Cc2ccc(OC)c(Br)c2)C1. The van der Waals surface area contributed by atoms with Gasteiger partial charge in [0.1, 0.15) is 5.75 Å². The first-order valence-electron chi connectivity index (χ1n) is 6.76. The van der Waals surface area contributed by atoms with Crippen molar-refractivity contribution < 1.29 is 4.74 Å². The molecule has 1 saturated heterocycles. The summed E-state index contributed by atoms with van der Waals surface area (Å²) in [6, 6.07) is 6.34. The van der Waals surface area contributed by atoms with Gasteiger partial charge in [0.15, 0.2) is 0 Å². The first-order valence-corrected chi connectivity index (χ1v) is 7.55. The van der Waals surface area contributed by atoms with Crippen LogP contribution in [0.1, 0.15) is 18.9 Å². The molecule has 19 heavy (non-hydrogen) atoms. The normalized spacial score (nSPS) is 23.8. The molecule has 1 N–H and O–H groups in total. The predicted molar refractivity (Wildman–Crippen MR) is 82.6 cm³/mol. The van der Waals surface area contributed by atoms with E-state index in [0.717, 1.165) is 29.9 Å². The number of hydrogen-bond acceptors (Lipinski definition) is 3. The average molecular weight is 327 g/mol. The van der Waals surface area contributed by atoms with Gasteiger partial charge in [-0.2, -0.15) is 0 Å². The molecular weight excluding hydrogens is 304 g/mol. The first-order chi connectivity index (χ1) is 9.06.